The summed E-state index contributed by atoms with van der Waals surface area (Å²) in [5, 5.41) is 8.35. The van der Waals surface area contributed by atoms with Gasteiger partial charge in [-0.1, -0.05) is 11.2 Å². The van der Waals surface area contributed by atoms with Gasteiger partial charge in [0.1, 0.15) is 9.88 Å². The van der Waals surface area contributed by atoms with Crippen LogP contribution in [0.15, 0.2) is 35.1 Å². The number of nitrogens with one attached hydrogen (secondary N) is 1. The van der Waals surface area contributed by atoms with Crippen molar-refractivity contribution < 1.29 is 4.52 Å². The molecule has 0 aromatic carbocycles. The number of aromatic nitrogens is 4. The van der Waals surface area contributed by atoms with Crippen molar-refractivity contribution >= 4 is 23.7 Å². The molecule has 1 saturated heterocycles. The van der Waals surface area contributed by atoms with Crippen molar-refractivity contribution in [2.24, 2.45) is 0 Å². The number of nitrogens with zero attached hydrogens (tertiary/aromatic N) is 5. The van der Waals surface area contributed by atoms with Gasteiger partial charge < -0.3 is 9.84 Å². The van der Waals surface area contributed by atoms with Crippen LogP contribution < -0.4 is 5.32 Å². The number of hydrogen-bond acceptors (Lipinski definition) is 8. The topological polar surface area (TPSA) is 80.0 Å². The van der Waals surface area contributed by atoms with Crippen LogP contribution in [0, 0.1) is 0 Å². The zero-order chi connectivity index (χ0) is 15.6. The van der Waals surface area contributed by atoms with Crippen LogP contribution in [-0.4, -0.2) is 51.7 Å². The Morgan fingerprint density at radius 1 is 1.33 bits per heavy atom. The van der Waals surface area contributed by atoms with E-state index in [-0.39, 0.29) is 18.4 Å². The first-order valence-electron chi connectivity index (χ1n) is 7.43. The minimum Gasteiger partial charge on any atom is -0.333 e. The Balaban J connectivity index is 0.00000169. The lowest BCUT2D eigenvalue weighted by molar-refractivity contribution is 0.190. The van der Waals surface area contributed by atoms with Gasteiger partial charge >= 0.3 is 0 Å². The van der Waals surface area contributed by atoms with E-state index in [2.05, 4.69) is 37.4 Å². The van der Waals surface area contributed by atoms with Gasteiger partial charge in [-0.05, 0) is 19.2 Å². The number of piperazine rings is 1. The highest BCUT2D eigenvalue weighted by Gasteiger charge is 2.26. The maximum atomic E-state index is 5.44. The molecule has 0 radical (unpaired) electrons. The second-order valence-electron chi connectivity index (χ2n) is 5.40. The molecule has 9 heteroatoms. The fraction of sp³-hybridized carbons (Fsp3) is 0.333. The minimum atomic E-state index is 0. The average molecular weight is 365 g/mol. The molecule has 126 valence electrons. The van der Waals surface area contributed by atoms with E-state index in [0.29, 0.717) is 11.7 Å². The molecule has 3 aromatic heterocycles. The standard InChI is InChI=1S/C15H16N6OS.ClH/c1-21-7-6-16-8-11(21)13-19-14(22-20-13)12-9-18-15(23-12)10-4-2-3-5-17-10;/h2-5,9,11,16H,6-8H2,1H3;1H. The lowest BCUT2D eigenvalue weighted by atomic mass is 10.2. The van der Waals surface area contributed by atoms with Crippen molar-refractivity contribution in [3.8, 4) is 21.5 Å². The molecule has 4 rings (SSSR count). The largest absolute Gasteiger partial charge is 0.333 e. The lowest BCUT2D eigenvalue weighted by Gasteiger charge is -2.30. The van der Waals surface area contributed by atoms with E-state index in [0.717, 1.165) is 35.2 Å². The predicted octanol–water partition coefficient (Wildman–Crippen LogP) is 2.25. The van der Waals surface area contributed by atoms with Gasteiger partial charge in [0, 0.05) is 25.8 Å². The minimum absolute atomic E-state index is 0. The van der Waals surface area contributed by atoms with Crippen molar-refractivity contribution in [3.05, 3.63) is 36.4 Å². The first kappa shape index (κ1) is 17.0. The Morgan fingerprint density at radius 2 is 2.25 bits per heavy atom. The molecule has 7 nitrogen and oxygen atoms in total. The summed E-state index contributed by atoms with van der Waals surface area (Å²) in [6.45, 7) is 2.79. The van der Waals surface area contributed by atoms with Crippen LogP contribution >= 0.6 is 23.7 Å². The van der Waals surface area contributed by atoms with Crippen LogP contribution in [0.5, 0.6) is 0 Å². The summed E-state index contributed by atoms with van der Waals surface area (Å²) in [4.78, 5) is 16.4. The average Bonchev–Trinajstić information content (AvgIpc) is 3.25. The summed E-state index contributed by atoms with van der Waals surface area (Å²) in [5.41, 5.74) is 0.847. The lowest BCUT2D eigenvalue weighted by Crippen LogP contribution is -2.44. The highest BCUT2D eigenvalue weighted by molar-refractivity contribution is 7.18. The van der Waals surface area contributed by atoms with Gasteiger partial charge in [0.15, 0.2) is 5.82 Å². The second-order valence-corrected chi connectivity index (χ2v) is 6.43. The summed E-state index contributed by atoms with van der Waals surface area (Å²) < 4.78 is 5.44. The Bertz CT molecular complexity index is 792. The Morgan fingerprint density at radius 3 is 3.04 bits per heavy atom. The summed E-state index contributed by atoms with van der Waals surface area (Å²) in [7, 11) is 2.08. The Hall–Kier alpha value is -1.87. The number of rotatable bonds is 3. The van der Waals surface area contributed by atoms with E-state index in [1.54, 1.807) is 12.4 Å². The highest BCUT2D eigenvalue weighted by Crippen LogP contribution is 2.31. The van der Waals surface area contributed by atoms with Crippen molar-refractivity contribution in [1.29, 1.82) is 0 Å². The van der Waals surface area contributed by atoms with Gasteiger partial charge in [-0.2, -0.15) is 4.98 Å². The molecule has 0 spiro atoms. The van der Waals surface area contributed by atoms with Crippen molar-refractivity contribution in [2.75, 3.05) is 26.7 Å². The number of thiazole rings is 1. The first-order valence-corrected chi connectivity index (χ1v) is 8.25. The fourth-order valence-corrected chi connectivity index (χ4v) is 3.36. The van der Waals surface area contributed by atoms with Gasteiger partial charge in [-0.15, -0.1) is 23.7 Å². The van der Waals surface area contributed by atoms with Crippen LogP contribution in [0.4, 0.5) is 0 Å². The third-order valence-corrected chi connectivity index (χ3v) is 4.86. The molecule has 1 atom stereocenters. The zero-order valence-electron chi connectivity index (χ0n) is 13.0. The van der Waals surface area contributed by atoms with Crippen LogP contribution in [0.25, 0.3) is 21.5 Å². The van der Waals surface area contributed by atoms with Gasteiger partial charge in [0.25, 0.3) is 5.89 Å². The molecule has 24 heavy (non-hydrogen) atoms. The van der Waals surface area contributed by atoms with Crippen LogP contribution in [0.2, 0.25) is 0 Å². The molecule has 1 N–H and O–H groups in total. The van der Waals surface area contributed by atoms with Crippen molar-refractivity contribution in [1.82, 2.24) is 30.3 Å². The van der Waals surface area contributed by atoms with Crippen LogP contribution in [0.1, 0.15) is 11.9 Å². The fourth-order valence-electron chi connectivity index (χ4n) is 2.55. The maximum Gasteiger partial charge on any atom is 0.269 e. The molecule has 1 fully saturated rings. The van der Waals surface area contributed by atoms with Crippen LogP contribution in [-0.2, 0) is 0 Å². The third kappa shape index (κ3) is 3.32. The number of hydrogen-bond donors (Lipinski definition) is 1. The molecule has 3 aromatic rings. The molecule has 0 aliphatic carbocycles. The van der Waals surface area contributed by atoms with Gasteiger partial charge in [0.2, 0.25) is 0 Å². The molecule has 1 unspecified atom stereocenters. The third-order valence-electron chi connectivity index (χ3n) is 3.85. The maximum absolute atomic E-state index is 5.44. The molecule has 0 amide bonds. The smallest absolute Gasteiger partial charge is 0.269 e. The number of likely N-dealkylation sites (N-methyl/N-ethyl adjacent to an activating group) is 1. The zero-order valence-corrected chi connectivity index (χ0v) is 14.7. The normalized spacial score (nSPS) is 18.3. The van der Waals surface area contributed by atoms with E-state index in [1.807, 2.05) is 18.2 Å². The highest BCUT2D eigenvalue weighted by atomic mass is 35.5. The Kier molecular flexibility index (Phi) is 5.20. The van der Waals surface area contributed by atoms with Crippen LogP contribution in [0.3, 0.4) is 0 Å². The molecule has 0 saturated carbocycles. The predicted molar refractivity (Wildman–Crippen MR) is 94.1 cm³/mol. The first-order chi connectivity index (χ1) is 11.3. The van der Waals surface area contributed by atoms with Crippen molar-refractivity contribution in [2.45, 2.75) is 6.04 Å². The molecule has 1 aliphatic heterocycles. The number of halogens is 1. The van der Waals surface area contributed by atoms with Gasteiger partial charge in [-0.25, -0.2) is 4.98 Å². The van der Waals surface area contributed by atoms with E-state index < -0.39 is 0 Å². The molecule has 4 heterocycles. The van der Waals surface area contributed by atoms with E-state index in [1.165, 1.54) is 11.3 Å². The molecular weight excluding hydrogens is 348 g/mol. The van der Waals surface area contributed by atoms with E-state index >= 15 is 0 Å². The molecule has 0 bridgehead atoms. The summed E-state index contributed by atoms with van der Waals surface area (Å²) in [6.07, 6.45) is 3.52. The quantitative estimate of drug-likeness (QED) is 0.763. The second kappa shape index (κ2) is 7.35. The van der Waals surface area contributed by atoms with Gasteiger partial charge in [-0.3, -0.25) is 9.88 Å². The summed E-state index contributed by atoms with van der Waals surface area (Å²) in [5.74, 6) is 1.22. The van der Waals surface area contributed by atoms with E-state index in [4.69, 9.17) is 4.52 Å². The Labute approximate surface area is 149 Å². The molecule has 1 aliphatic rings. The molecular formula is C15H17ClN6OS. The van der Waals surface area contributed by atoms with Crippen molar-refractivity contribution in [3.63, 3.8) is 0 Å². The SMILES string of the molecule is CN1CCNCC1c1noc(-c2cnc(-c3ccccn3)s2)n1.Cl. The van der Waals surface area contributed by atoms with E-state index in [9.17, 15) is 0 Å². The summed E-state index contributed by atoms with van der Waals surface area (Å²) >= 11 is 1.50. The number of pyridine rings is 1. The van der Waals surface area contributed by atoms with Gasteiger partial charge in [0.05, 0.1) is 17.9 Å². The monoisotopic (exact) mass is 364 g/mol. The summed E-state index contributed by atoms with van der Waals surface area (Å²) in [6, 6.07) is 5.91.